The number of primary sulfonamides is 1. The lowest BCUT2D eigenvalue weighted by Crippen LogP contribution is -2.32. The maximum Gasteiger partial charge on any atom is 0.282 e. The molecular formula is C23H19N3O3S. The minimum Gasteiger partial charge on any atom is -0.266 e. The van der Waals surface area contributed by atoms with Gasteiger partial charge in [-0.1, -0.05) is 60.2 Å². The molecule has 3 aromatic carbocycles. The highest BCUT2D eigenvalue weighted by atomic mass is 32.2. The molecule has 0 aliphatic carbocycles. The molecule has 0 saturated heterocycles. The maximum atomic E-state index is 13.3. The lowest BCUT2D eigenvalue weighted by atomic mass is 10.1. The van der Waals surface area contributed by atoms with Crippen molar-refractivity contribution in [2.45, 2.75) is 11.8 Å². The highest BCUT2D eigenvalue weighted by Crippen LogP contribution is 2.28. The van der Waals surface area contributed by atoms with Gasteiger partial charge in [0, 0.05) is 5.56 Å². The standard InChI is InChI=1S/C23H19N3O3S/c1-16-6-5-7-17(14-16)15-21-23(27)26(22(25-21)18-8-3-2-4-9-18)19-10-12-20(13-11-19)30(24,28)29/h2-15H,1H3,(H2,24,28,29)/b21-15-. The van der Waals surface area contributed by atoms with Crippen molar-refractivity contribution < 1.29 is 13.2 Å². The zero-order chi connectivity index (χ0) is 21.3. The molecule has 1 heterocycles. The molecular weight excluding hydrogens is 398 g/mol. The SMILES string of the molecule is Cc1cccc(/C=C2\N=C(c3ccccc3)N(c3ccc(S(N)(=O)=O)cc3)C2=O)c1. The Morgan fingerprint density at radius 2 is 1.63 bits per heavy atom. The Hall–Kier alpha value is -3.55. The van der Waals surface area contributed by atoms with E-state index in [9.17, 15) is 13.2 Å². The van der Waals surface area contributed by atoms with E-state index in [2.05, 4.69) is 4.99 Å². The van der Waals surface area contributed by atoms with Gasteiger partial charge in [0.05, 0.1) is 10.6 Å². The fourth-order valence-corrected chi connectivity index (χ4v) is 3.76. The highest BCUT2D eigenvalue weighted by Gasteiger charge is 2.32. The topological polar surface area (TPSA) is 92.8 Å². The lowest BCUT2D eigenvalue weighted by Gasteiger charge is -2.18. The van der Waals surface area contributed by atoms with E-state index in [-0.39, 0.29) is 10.8 Å². The van der Waals surface area contributed by atoms with E-state index in [1.807, 2.05) is 61.5 Å². The number of aryl methyl sites for hydroxylation is 1. The third-order valence-corrected chi connectivity index (χ3v) is 5.59. The van der Waals surface area contributed by atoms with Crippen molar-refractivity contribution in [3.8, 4) is 0 Å². The first-order valence-electron chi connectivity index (χ1n) is 9.23. The van der Waals surface area contributed by atoms with E-state index in [1.54, 1.807) is 18.2 Å². The smallest absolute Gasteiger partial charge is 0.266 e. The number of hydrogen-bond donors (Lipinski definition) is 1. The first-order valence-corrected chi connectivity index (χ1v) is 10.8. The number of carbonyl (C=O) groups excluding carboxylic acids is 1. The summed E-state index contributed by atoms with van der Waals surface area (Å²) < 4.78 is 23.1. The molecule has 0 bridgehead atoms. The molecule has 0 atom stereocenters. The Balaban J connectivity index is 1.81. The number of hydrogen-bond acceptors (Lipinski definition) is 4. The molecule has 0 spiro atoms. The van der Waals surface area contributed by atoms with Gasteiger partial charge in [0.2, 0.25) is 10.0 Å². The van der Waals surface area contributed by atoms with Crippen molar-refractivity contribution in [1.82, 2.24) is 0 Å². The van der Waals surface area contributed by atoms with Gasteiger partial charge in [0.1, 0.15) is 11.5 Å². The van der Waals surface area contributed by atoms with Crippen molar-refractivity contribution in [3.05, 3.63) is 101 Å². The van der Waals surface area contributed by atoms with E-state index in [1.165, 1.54) is 17.0 Å². The Morgan fingerprint density at radius 1 is 0.933 bits per heavy atom. The molecule has 6 nitrogen and oxygen atoms in total. The molecule has 30 heavy (non-hydrogen) atoms. The molecule has 0 aromatic heterocycles. The van der Waals surface area contributed by atoms with Gasteiger partial charge in [-0.3, -0.25) is 9.69 Å². The fraction of sp³-hybridized carbons (Fsp3) is 0.0435. The minimum absolute atomic E-state index is 0.0216. The molecule has 0 fully saturated rings. The number of anilines is 1. The Bertz CT molecular complexity index is 1280. The summed E-state index contributed by atoms with van der Waals surface area (Å²) in [5, 5.41) is 5.18. The quantitative estimate of drug-likeness (QED) is 0.659. The highest BCUT2D eigenvalue weighted by molar-refractivity contribution is 7.89. The van der Waals surface area contributed by atoms with Crippen LogP contribution in [0.1, 0.15) is 16.7 Å². The van der Waals surface area contributed by atoms with E-state index in [0.717, 1.165) is 16.7 Å². The molecule has 1 amide bonds. The normalized spacial score (nSPS) is 15.5. The summed E-state index contributed by atoms with van der Waals surface area (Å²) in [6, 6.07) is 23.0. The van der Waals surface area contributed by atoms with Crippen molar-refractivity contribution >= 4 is 33.5 Å². The second-order valence-electron chi connectivity index (χ2n) is 6.92. The fourth-order valence-electron chi connectivity index (χ4n) is 3.24. The monoisotopic (exact) mass is 417 g/mol. The van der Waals surface area contributed by atoms with Crippen LogP contribution in [0.4, 0.5) is 5.69 Å². The van der Waals surface area contributed by atoms with Crippen molar-refractivity contribution in [2.75, 3.05) is 4.90 Å². The molecule has 0 unspecified atom stereocenters. The van der Waals surface area contributed by atoms with Gasteiger partial charge >= 0.3 is 0 Å². The number of rotatable bonds is 4. The number of nitrogens with zero attached hydrogens (tertiary/aromatic N) is 2. The molecule has 3 aromatic rings. The van der Waals surface area contributed by atoms with Crippen molar-refractivity contribution in [1.29, 1.82) is 0 Å². The van der Waals surface area contributed by atoms with Gasteiger partial charge in [-0.25, -0.2) is 18.5 Å². The number of sulfonamides is 1. The van der Waals surface area contributed by atoms with Crippen LogP contribution in [-0.2, 0) is 14.8 Å². The van der Waals surface area contributed by atoms with Gasteiger partial charge in [-0.15, -0.1) is 0 Å². The van der Waals surface area contributed by atoms with Gasteiger partial charge in [0.25, 0.3) is 5.91 Å². The van der Waals surface area contributed by atoms with Crippen LogP contribution in [0.3, 0.4) is 0 Å². The van der Waals surface area contributed by atoms with Crippen LogP contribution < -0.4 is 10.0 Å². The van der Waals surface area contributed by atoms with E-state index >= 15 is 0 Å². The van der Waals surface area contributed by atoms with Crippen LogP contribution >= 0.6 is 0 Å². The van der Waals surface area contributed by atoms with Crippen LogP contribution in [0.25, 0.3) is 6.08 Å². The number of aliphatic imine (C=N–C) groups is 1. The second-order valence-corrected chi connectivity index (χ2v) is 8.49. The lowest BCUT2D eigenvalue weighted by molar-refractivity contribution is -0.113. The van der Waals surface area contributed by atoms with Gasteiger partial charge < -0.3 is 0 Å². The summed E-state index contributed by atoms with van der Waals surface area (Å²) in [7, 11) is -3.82. The van der Waals surface area contributed by atoms with E-state index in [4.69, 9.17) is 5.14 Å². The molecule has 2 N–H and O–H groups in total. The number of benzene rings is 3. The first kappa shape index (κ1) is 19.8. The van der Waals surface area contributed by atoms with E-state index in [0.29, 0.717) is 17.2 Å². The summed E-state index contributed by atoms with van der Waals surface area (Å²) in [6.45, 7) is 1.98. The van der Waals surface area contributed by atoms with Crippen LogP contribution in [-0.4, -0.2) is 20.2 Å². The molecule has 0 saturated carbocycles. The van der Waals surface area contributed by atoms with Gasteiger partial charge in [0.15, 0.2) is 0 Å². The third-order valence-electron chi connectivity index (χ3n) is 4.66. The third kappa shape index (κ3) is 3.94. The number of carbonyl (C=O) groups is 1. The van der Waals surface area contributed by atoms with Crippen LogP contribution in [0.2, 0.25) is 0 Å². The summed E-state index contributed by atoms with van der Waals surface area (Å²) in [5.41, 5.74) is 3.53. The average Bonchev–Trinajstić information content (AvgIpc) is 3.04. The summed E-state index contributed by atoms with van der Waals surface area (Å²) in [5.74, 6) is 0.182. The maximum absolute atomic E-state index is 13.3. The zero-order valence-corrected chi connectivity index (χ0v) is 17.0. The number of amides is 1. The Kier molecular flexibility index (Phi) is 5.07. The average molecular weight is 417 g/mol. The predicted octanol–water partition coefficient (Wildman–Crippen LogP) is 3.48. The number of nitrogens with two attached hydrogens (primary N) is 1. The van der Waals surface area contributed by atoms with Gasteiger partial charge in [-0.2, -0.15) is 0 Å². The molecule has 150 valence electrons. The van der Waals surface area contributed by atoms with Crippen LogP contribution in [0.15, 0.2) is 94.4 Å². The molecule has 1 aliphatic rings. The minimum atomic E-state index is -3.82. The van der Waals surface area contributed by atoms with E-state index < -0.39 is 10.0 Å². The summed E-state index contributed by atoms with van der Waals surface area (Å²) in [6.07, 6.45) is 1.75. The van der Waals surface area contributed by atoms with Crippen LogP contribution in [0.5, 0.6) is 0 Å². The predicted molar refractivity (Wildman–Crippen MR) is 117 cm³/mol. The van der Waals surface area contributed by atoms with Crippen molar-refractivity contribution in [2.24, 2.45) is 10.1 Å². The molecule has 0 radical (unpaired) electrons. The summed E-state index contributed by atoms with van der Waals surface area (Å²) >= 11 is 0. The largest absolute Gasteiger partial charge is 0.282 e. The molecule has 4 rings (SSSR count). The first-order chi connectivity index (χ1) is 14.3. The molecule has 7 heteroatoms. The van der Waals surface area contributed by atoms with Gasteiger partial charge in [-0.05, 0) is 42.8 Å². The zero-order valence-electron chi connectivity index (χ0n) is 16.2. The Labute approximate surface area is 175 Å². The summed E-state index contributed by atoms with van der Waals surface area (Å²) in [4.78, 5) is 19.3. The van der Waals surface area contributed by atoms with Crippen molar-refractivity contribution in [3.63, 3.8) is 0 Å². The number of amidine groups is 1. The second kappa shape index (κ2) is 7.70. The molecule has 1 aliphatic heterocycles. The van der Waals surface area contributed by atoms with Crippen LogP contribution in [0, 0.1) is 6.92 Å². The Morgan fingerprint density at radius 3 is 2.27 bits per heavy atom.